The van der Waals surface area contributed by atoms with Crippen LogP contribution < -0.4 is 26.3 Å². The number of ether oxygens (including phenoxy) is 1. The summed E-state index contributed by atoms with van der Waals surface area (Å²) in [5, 5.41) is 0.0566. The van der Waals surface area contributed by atoms with E-state index in [0.29, 0.717) is 29.9 Å². The Morgan fingerprint density at radius 1 is 1.00 bits per heavy atom. The van der Waals surface area contributed by atoms with E-state index in [9.17, 15) is 14.4 Å². The first-order valence-electron chi connectivity index (χ1n) is 14.0. The van der Waals surface area contributed by atoms with Crippen LogP contribution in [0.4, 0.5) is 4.39 Å². The van der Waals surface area contributed by atoms with Crippen LogP contribution in [0.3, 0.4) is 0 Å². The fraction of sp³-hybridized carbons (Fsp3) is 0.387. The number of nitrogens with zero attached hydrogens (tertiary/aromatic N) is 3. The van der Waals surface area contributed by atoms with Gasteiger partial charge in [0.15, 0.2) is 5.75 Å². The van der Waals surface area contributed by atoms with Gasteiger partial charge in [-0.25, -0.2) is 13.8 Å². The zero-order valence-corrected chi connectivity index (χ0v) is 25.8. The highest BCUT2D eigenvalue weighted by Crippen LogP contribution is 2.35. The molecule has 2 aromatic heterocycles. The highest BCUT2D eigenvalue weighted by molar-refractivity contribution is 7.96. The molecular weight excluding hydrogens is 543 g/mol. The van der Waals surface area contributed by atoms with Gasteiger partial charge in [0.2, 0.25) is 0 Å². The molecule has 0 amide bonds. The lowest BCUT2D eigenvalue weighted by Gasteiger charge is -2.20. The van der Waals surface area contributed by atoms with Crippen molar-refractivity contribution in [3.8, 4) is 17.2 Å². The molecule has 0 bridgehead atoms. The first-order chi connectivity index (χ1) is 19.7. The lowest BCUT2D eigenvalue weighted by atomic mass is 10.1. The third kappa shape index (κ3) is 6.33. The van der Waals surface area contributed by atoms with Gasteiger partial charge in [-0.15, -0.1) is 0 Å². The summed E-state index contributed by atoms with van der Waals surface area (Å²) in [6, 6.07) is 11.6. The molecule has 1 fully saturated rings. The minimum Gasteiger partial charge on any atom is -0.456 e. The Labute approximate surface area is 243 Å². The van der Waals surface area contributed by atoms with Crippen LogP contribution in [0.2, 0.25) is 0 Å². The van der Waals surface area contributed by atoms with Crippen LogP contribution in [0.1, 0.15) is 63.3 Å². The minimum atomic E-state index is -0.682. The largest absolute Gasteiger partial charge is 0.456 e. The Morgan fingerprint density at radius 3 is 2.29 bits per heavy atom. The summed E-state index contributed by atoms with van der Waals surface area (Å²) in [5.74, 6) is 0.570. The maximum atomic E-state index is 15.2. The second kappa shape index (κ2) is 13.8. The molecule has 1 N–H and O–H groups in total. The van der Waals surface area contributed by atoms with Gasteiger partial charge in [0.05, 0.1) is 11.3 Å². The smallest absolute Gasteiger partial charge is 0.337 e. The number of hydrogen-bond acceptors (Lipinski definition) is 6. The van der Waals surface area contributed by atoms with Crippen LogP contribution in [0.15, 0.2) is 56.8 Å². The monoisotopic (exact) mass is 582 g/mol. The van der Waals surface area contributed by atoms with Crippen LogP contribution >= 0.6 is 11.9 Å². The number of fused-ring (bicyclic) bond motifs is 1. The van der Waals surface area contributed by atoms with Gasteiger partial charge in [-0.2, -0.15) is 0 Å². The molecule has 0 unspecified atom stereocenters. The first-order valence-corrected chi connectivity index (χ1v) is 14.9. The van der Waals surface area contributed by atoms with Gasteiger partial charge in [0, 0.05) is 18.8 Å². The third-order valence-electron chi connectivity index (χ3n) is 6.53. The van der Waals surface area contributed by atoms with Gasteiger partial charge in [-0.05, 0) is 69.1 Å². The molecule has 0 atom stereocenters. The molecule has 4 aromatic rings. The number of benzene rings is 2. The number of pyridine rings is 1. The van der Waals surface area contributed by atoms with Crippen molar-refractivity contribution in [2.75, 3.05) is 7.05 Å². The second-order valence-electron chi connectivity index (χ2n) is 9.24. The molecule has 8 nitrogen and oxygen atoms in total. The van der Waals surface area contributed by atoms with Crippen molar-refractivity contribution >= 4 is 23.0 Å². The fourth-order valence-corrected chi connectivity index (χ4v) is 5.02. The zero-order valence-electron chi connectivity index (χ0n) is 25.0. The maximum Gasteiger partial charge on any atom is 0.337 e. The highest BCUT2D eigenvalue weighted by Gasteiger charge is 2.32. The van der Waals surface area contributed by atoms with Crippen LogP contribution in [0, 0.1) is 19.7 Å². The number of aryl methyl sites for hydroxylation is 2. The van der Waals surface area contributed by atoms with Crippen molar-refractivity contribution in [1.29, 1.82) is 0 Å². The Bertz CT molecular complexity index is 1720. The quantitative estimate of drug-likeness (QED) is 0.263. The standard InChI is InChI=1S/C27H27FN4O4S.2C2H6/c1-15-8-11-21(20(28)12-15)32-24-22(26(34)31(27(32)35)18-9-10-18)23(16(2)25(33)30(24)4)36-19-7-5-6-17(13-19)14-37-29-3;2*1-2/h5-8,11-13,18,29H,9-10,14H2,1-4H3;2*1-2H3. The average Bonchev–Trinajstić information content (AvgIpc) is 3.81. The number of rotatable bonds is 7. The SMILES string of the molecule is CC.CC.CNSCc1cccc(Oc2c(C)c(=O)n(C)c3c2c(=O)n(C2CC2)c(=O)n3-c2ccc(C)cc2F)c1. The van der Waals surface area contributed by atoms with E-state index in [4.69, 9.17) is 4.74 Å². The Hall–Kier alpha value is -3.63. The Kier molecular flexibility index (Phi) is 10.8. The van der Waals surface area contributed by atoms with E-state index >= 15 is 4.39 Å². The molecule has 1 saturated carbocycles. The number of halogens is 1. The van der Waals surface area contributed by atoms with Crippen LogP contribution in [-0.4, -0.2) is 20.7 Å². The maximum absolute atomic E-state index is 15.2. The summed E-state index contributed by atoms with van der Waals surface area (Å²) < 4.78 is 28.0. The van der Waals surface area contributed by atoms with E-state index < -0.39 is 22.6 Å². The van der Waals surface area contributed by atoms with E-state index in [1.807, 2.05) is 52.9 Å². The summed E-state index contributed by atoms with van der Waals surface area (Å²) in [6.45, 7) is 11.3. The first kappa shape index (κ1) is 31.9. The zero-order chi connectivity index (χ0) is 30.4. The molecule has 2 heterocycles. The van der Waals surface area contributed by atoms with E-state index in [1.54, 1.807) is 26.0 Å². The lowest BCUT2D eigenvalue weighted by Crippen LogP contribution is -2.41. The van der Waals surface area contributed by atoms with E-state index in [0.717, 1.165) is 10.1 Å². The molecule has 10 heteroatoms. The molecule has 0 radical (unpaired) electrons. The predicted octanol–water partition coefficient (Wildman–Crippen LogP) is 6.15. The van der Waals surface area contributed by atoms with Crippen molar-refractivity contribution < 1.29 is 9.13 Å². The number of nitrogens with one attached hydrogen (secondary N) is 1. The minimum absolute atomic E-state index is 0.0119. The lowest BCUT2D eigenvalue weighted by molar-refractivity contribution is 0.479. The van der Waals surface area contributed by atoms with Gasteiger partial charge in [-0.1, -0.05) is 57.8 Å². The van der Waals surface area contributed by atoms with E-state index in [2.05, 4.69) is 4.72 Å². The highest BCUT2D eigenvalue weighted by atomic mass is 32.2. The molecule has 220 valence electrons. The molecule has 0 saturated heterocycles. The van der Waals surface area contributed by atoms with Gasteiger partial charge < -0.3 is 4.74 Å². The van der Waals surface area contributed by atoms with E-state index in [-0.39, 0.29) is 34.1 Å². The molecule has 0 aliphatic heterocycles. The Balaban J connectivity index is 0.00000111. The van der Waals surface area contributed by atoms with Gasteiger partial charge >= 0.3 is 5.69 Å². The average molecular weight is 583 g/mol. The molecule has 5 rings (SSSR count). The van der Waals surface area contributed by atoms with Crippen LogP contribution in [0.5, 0.6) is 11.5 Å². The normalized spacial score (nSPS) is 12.3. The Morgan fingerprint density at radius 2 is 1.68 bits per heavy atom. The second-order valence-corrected chi connectivity index (χ2v) is 10.2. The van der Waals surface area contributed by atoms with Gasteiger partial charge in [-0.3, -0.25) is 23.4 Å². The predicted molar refractivity (Wildman–Crippen MR) is 166 cm³/mol. The topological polar surface area (TPSA) is 87.3 Å². The number of hydrogen-bond donors (Lipinski definition) is 1. The number of aromatic nitrogens is 3. The summed E-state index contributed by atoms with van der Waals surface area (Å²) in [5.41, 5.74) is 0.150. The van der Waals surface area contributed by atoms with Crippen LogP contribution in [0.25, 0.3) is 16.7 Å². The molecular formula is C31H39FN4O4S. The van der Waals surface area contributed by atoms with Crippen molar-refractivity contribution in [3.05, 3.63) is 96.2 Å². The van der Waals surface area contributed by atoms with Crippen molar-refractivity contribution in [2.45, 2.75) is 66.2 Å². The summed E-state index contributed by atoms with van der Waals surface area (Å²) in [6.07, 6.45) is 1.34. The fourth-order valence-electron chi connectivity index (χ4n) is 4.53. The molecule has 1 aliphatic carbocycles. The van der Waals surface area contributed by atoms with Crippen molar-refractivity contribution in [1.82, 2.24) is 18.4 Å². The van der Waals surface area contributed by atoms with Gasteiger partial charge in [0.1, 0.15) is 22.6 Å². The van der Waals surface area contributed by atoms with Crippen LogP contribution in [-0.2, 0) is 12.8 Å². The van der Waals surface area contributed by atoms with Crippen molar-refractivity contribution in [3.63, 3.8) is 0 Å². The summed E-state index contributed by atoms with van der Waals surface area (Å²) in [7, 11) is 3.31. The molecule has 2 aromatic carbocycles. The molecule has 1 aliphatic rings. The third-order valence-corrected chi connectivity index (χ3v) is 7.30. The summed E-state index contributed by atoms with van der Waals surface area (Å²) >= 11 is 1.52. The van der Waals surface area contributed by atoms with Crippen molar-refractivity contribution in [2.24, 2.45) is 7.05 Å². The molecule has 41 heavy (non-hydrogen) atoms. The molecule has 0 spiro atoms. The summed E-state index contributed by atoms with van der Waals surface area (Å²) in [4.78, 5) is 40.8. The van der Waals surface area contributed by atoms with E-state index in [1.165, 1.54) is 40.3 Å². The van der Waals surface area contributed by atoms with Gasteiger partial charge in [0.25, 0.3) is 11.1 Å².